The van der Waals surface area contributed by atoms with Crippen molar-refractivity contribution in [1.82, 2.24) is 0 Å². The van der Waals surface area contributed by atoms with Gasteiger partial charge in [-0.1, -0.05) is 6.58 Å². The average molecular weight is 259 g/mol. The van der Waals surface area contributed by atoms with Gasteiger partial charge in [0.1, 0.15) is 5.75 Å². The summed E-state index contributed by atoms with van der Waals surface area (Å²) in [6.07, 6.45) is -3.47. The molecular weight excluding hydrogens is 247 g/mol. The standard InChI is InChI=1S/C12H12F3NO2/c1-3-11(17)16-8-5-6-9(12(13,14)15)10(7-8)18-4-2/h3,5-7H,1,4H2,2H3,(H,16,17). The Morgan fingerprint density at radius 2 is 2.17 bits per heavy atom. The number of amides is 1. The Hall–Kier alpha value is -1.98. The van der Waals surface area contributed by atoms with Gasteiger partial charge in [0, 0.05) is 11.8 Å². The monoisotopic (exact) mass is 259 g/mol. The van der Waals surface area contributed by atoms with E-state index >= 15 is 0 Å². The van der Waals surface area contributed by atoms with E-state index in [1.165, 1.54) is 0 Å². The van der Waals surface area contributed by atoms with Crippen molar-refractivity contribution in [2.45, 2.75) is 13.1 Å². The molecule has 0 fully saturated rings. The molecule has 1 aromatic carbocycles. The molecule has 0 heterocycles. The molecule has 1 rings (SSSR count). The van der Waals surface area contributed by atoms with E-state index in [1.54, 1.807) is 6.92 Å². The summed E-state index contributed by atoms with van der Waals surface area (Å²) < 4.78 is 42.9. The Morgan fingerprint density at radius 1 is 1.50 bits per heavy atom. The van der Waals surface area contributed by atoms with Gasteiger partial charge < -0.3 is 10.1 Å². The summed E-state index contributed by atoms with van der Waals surface area (Å²) in [6.45, 7) is 4.93. The zero-order valence-electron chi connectivity index (χ0n) is 9.67. The van der Waals surface area contributed by atoms with Gasteiger partial charge in [0.15, 0.2) is 0 Å². The van der Waals surface area contributed by atoms with E-state index in [2.05, 4.69) is 11.9 Å². The first kappa shape index (κ1) is 14.1. The number of alkyl halides is 3. The van der Waals surface area contributed by atoms with E-state index in [9.17, 15) is 18.0 Å². The third-order valence-electron chi connectivity index (χ3n) is 2.04. The molecule has 1 amide bonds. The summed E-state index contributed by atoms with van der Waals surface area (Å²) in [6, 6.07) is 3.16. The van der Waals surface area contributed by atoms with Crippen LogP contribution < -0.4 is 10.1 Å². The van der Waals surface area contributed by atoms with Gasteiger partial charge in [0.25, 0.3) is 0 Å². The molecule has 0 aliphatic heterocycles. The van der Waals surface area contributed by atoms with Crippen LogP contribution in [-0.2, 0) is 11.0 Å². The lowest BCUT2D eigenvalue weighted by Gasteiger charge is -2.14. The molecule has 1 N–H and O–H groups in total. The van der Waals surface area contributed by atoms with Crippen LogP contribution in [0.4, 0.5) is 18.9 Å². The summed E-state index contributed by atoms with van der Waals surface area (Å²) in [7, 11) is 0. The van der Waals surface area contributed by atoms with Crippen LogP contribution in [-0.4, -0.2) is 12.5 Å². The van der Waals surface area contributed by atoms with Crippen molar-refractivity contribution in [1.29, 1.82) is 0 Å². The molecule has 1 aromatic rings. The minimum absolute atomic E-state index is 0.0991. The lowest BCUT2D eigenvalue weighted by atomic mass is 10.1. The van der Waals surface area contributed by atoms with Crippen LogP contribution in [0.2, 0.25) is 0 Å². The van der Waals surface area contributed by atoms with Crippen LogP contribution in [0, 0.1) is 0 Å². The Morgan fingerprint density at radius 3 is 2.67 bits per heavy atom. The number of hydrogen-bond donors (Lipinski definition) is 1. The van der Waals surface area contributed by atoms with Crippen molar-refractivity contribution in [2.75, 3.05) is 11.9 Å². The zero-order chi connectivity index (χ0) is 13.8. The number of halogens is 3. The molecular formula is C12H12F3NO2. The van der Waals surface area contributed by atoms with E-state index in [0.717, 1.165) is 24.3 Å². The van der Waals surface area contributed by atoms with Crippen LogP contribution in [0.1, 0.15) is 12.5 Å². The van der Waals surface area contributed by atoms with Crippen molar-refractivity contribution in [2.24, 2.45) is 0 Å². The fourth-order valence-corrected chi connectivity index (χ4v) is 1.30. The summed E-state index contributed by atoms with van der Waals surface area (Å²) in [5.74, 6) is -0.816. The van der Waals surface area contributed by atoms with E-state index < -0.39 is 17.6 Å². The third-order valence-corrected chi connectivity index (χ3v) is 2.04. The van der Waals surface area contributed by atoms with Crippen LogP contribution in [0.5, 0.6) is 5.75 Å². The van der Waals surface area contributed by atoms with Crippen LogP contribution >= 0.6 is 0 Å². The van der Waals surface area contributed by atoms with E-state index in [-0.39, 0.29) is 18.0 Å². The molecule has 6 heteroatoms. The first-order valence-corrected chi connectivity index (χ1v) is 5.16. The Balaban J connectivity index is 3.10. The summed E-state index contributed by atoms with van der Waals surface area (Å²) in [4.78, 5) is 11.0. The lowest BCUT2D eigenvalue weighted by Crippen LogP contribution is -2.11. The number of carbonyl (C=O) groups excluding carboxylic acids is 1. The molecule has 0 aromatic heterocycles. The number of nitrogens with one attached hydrogen (secondary N) is 1. The maximum atomic E-state index is 12.6. The van der Waals surface area contributed by atoms with Crippen LogP contribution in [0.3, 0.4) is 0 Å². The second kappa shape index (κ2) is 5.57. The highest BCUT2D eigenvalue weighted by Crippen LogP contribution is 2.37. The first-order valence-electron chi connectivity index (χ1n) is 5.16. The highest BCUT2D eigenvalue weighted by molar-refractivity contribution is 5.99. The molecule has 0 radical (unpaired) electrons. The molecule has 0 unspecified atom stereocenters. The number of rotatable bonds is 4. The molecule has 0 saturated heterocycles. The highest BCUT2D eigenvalue weighted by Gasteiger charge is 2.34. The minimum Gasteiger partial charge on any atom is -0.493 e. The second-order valence-corrected chi connectivity index (χ2v) is 3.34. The molecule has 0 spiro atoms. The Bertz CT molecular complexity index is 455. The Labute approximate surface area is 102 Å². The first-order chi connectivity index (χ1) is 8.38. The molecule has 0 aliphatic carbocycles. The number of anilines is 1. The van der Waals surface area contributed by atoms with Gasteiger partial charge in [-0.2, -0.15) is 13.2 Å². The molecule has 3 nitrogen and oxygen atoms in total. The average Bonchev–Trinajstić information content (AvgIpc) is 2.28. The van der Waals surface area contributed by atoms with Gasteiger partial charge in [0.2, 0.25) is 5.91 Å². The van der Waals surface area contributed by atoms with Crippen molar-refractivity contribution in [3.8, 4) is 5.75 Å². The molecule has 18 heavy (non-hydrogen) atoms. The SMILES string of the molecule is C=CC(=O)Nc1ccc(C(F)(F)F)c(OCC)c1. The van der Waals surface area contributed by atoms with Gasteiger partial charge in [-0.05, 0) is 25.1 Å². The second-order valence-electron chi connectivity index (χ2n) is 3.34. The maximum Gasteiger partial charge on any atom is 0.419 e. The highest BCUT2D eigenvalue weighted by atomic mass is 19.4. The van der Waals surface area contributed by atoms with E-state index in [0.29, 0.717) is 0 Å². The third kappa shape index (κ3) is 3.51. The normalized spacial score (nSPS) is 10.9. The van der Waals surface area contributed by atoms with Gasteiger partial charge in [0.05, 0.1) is 12.2 Å². The smallest absolute Gasteiger partial charge is 0.419 e. The predicted octanol–water partition coefficient (Wildman–Crippen LogP) is 3.23. The van der Waals surface area contributed by atoms with Crippen molar-refractivity contribution < 1.29 is 22.7 Å². The Kier molecular flexibility index (Phi) is 4.36. The van der Waals surface area contributed by atoms with Gasteiger partial charge in [-0.25, -0.2) is 0 Å². The number of hydrogen-bond acceptors (Lipinski definition) is 2. The maximum absolute atomic E-state index is 12.6. The minimum atomic E-state index is -4.49. The van der Waals surface area contributed by atoms with Gasteiger partial charge >= 0.3 is 6.18 Å². The molecule has 0 atom stereocenters. The number of carbonyl (C=O) groups is 1. The summed E-state index contributed by atoms with van der Waals surface area (Å²) in [5, 5.41) is 2.36. The van der Waals surface area contributed by atoms with Crippen LogP contribution in [0.25, 0.3) is 0 Å². The predicted molar refractivity (Wildman–Crippen MR) is 61.4 cm³/mol. The number of ether oxygens (including phenoxy) is 1. The van der Waals surface area contributed by atoms with E-state index in [4.69, 9.17) is 4.74 Å². The fourth-order valence-electron chi connectivity index (χ4n) is 1.30. The molecule has 0 aliphatic rings. The molecule has 98 valence electrons. The van der Waals surface area contributed by atoms with Crippen molar-refractivity contribution in [3.05, 3.63) is 36.4 Å². The molecule has 0 bridgehead atoms. The van der Waals surface area contributed by atoms with Gasteiger partial charge in [-0.3, -0.25) is 4.79 Å². The summed E-state index contributed by atoms with van der Waals surface area (Å²) in [5.41, 5.74) is -0.655. The largest absolute Gasteiger partial charge is 0.493 e. The molecule has 0 saturated carbocycles. The van der Waals surface area contributed by atoms with Crippen molar-refractivity contribution in [3.63, 3.8) is 0 Å². The lowest BCUT2D eigenvalue weighted by molar-refractivity contribution is -0.138. The van der Waals surface area contributed by atoms with Crippen molar-refractivity contribution >= 4 is 11.6 Å². The zero-order valence-corrected chi connectivity index (χ0v) is 9.67. The number of benzene rings is 1. The summed E-state index contributed by atoms with van der Waals surface area (Å²) >= 11 is 0. The van der Waals surface area contributed by atoms with Gasteiger partial charge in [-0.15, -0.1) is 0 Å². The topological polar surface area (TPSA) is 38.3 Å². The van der Waals surface area contributed by atoms with Crippen LogP contribution in [0.15, 0.2) is 30.9 Å². The van der Waals surface area contributed by atoms with E-state index in [1.807, 2.05) is 0 Å². The fraction of sp³-hybridized carbons (Fsp3) is 0.250. The quantitative estimate of drug-likeness (QED) is 0.843.